The Balaban J connectivity index is 1.85. The molecule has 2 aromatic carbocycles. The number of rotatable bonds is 3. The topological polar surface area (TPSA) is 32.3 Å². The van der Waals surface area contributed by atoms with Gasteiger partial charge in [-0.25, -0.2) is 0 Å². The van der Waals surface area contributed by atoms with Crippen molar-refractivity contribution in [2.24, 2.45) is 0 Å². The molecule has 3 rings (SSSR count). The molecule has 0 spiro atoms. The Kier molecular flexibility index (Phi) is 4.34. The predicted octanol–water partition coefficient (Wildman–Crippen LogP) is 4.50. The summed E-state index contributed by atoms with van der Waals surface area (Å²) in [5, 5.41) is 3.48. The van der Waals surface area contributed by atoms with Crippen LogP contribution in [0, 0.1) is 6.92 Å². The summed E-state index contributed by atoms with van der Waals surface area (Å²) in [5.74, 6) is -0.170. The number of anilines is 2. The molecule has 114 valence electrons. The Morgan fingerprint density at radius 2 is 1.86 bits per heavy atom. The van der Waals surface area contributed by atoms with Crippen molar-refractivity contribution in [3.63, 3.8) is 0 Å². The summed E-state index contributed by atoms with van der Waals surface area (Å²) in [6.07, 6.45) is 2.40. The van der Waals surface area contributed by atoms with Gasteiger partial charge in [0.2, 0.25) is 0 Å². The number of hydrogen-bond acceptors (Lipinski definition) is 2. The Bertz CT molecular complexity index is 693. The lowest BCUT2D eigenvalue weighted by Gasteiger charge is -2.21. The molecule has 0 bridgehead atoms. The quantitative estimate of drug-likeness (QED) is 0.904. The number of nitrogens with one attached hydrogen (secondary N) is 1. The number of aryl methyl sites for hydroxylation is 1. The summed E-state index contributed by atoms with van der Waals surface area (Å²) >= 11 is 6.19. The highest BCUT2D eigenvalue weighted by Gasteiger charge is 2.17. The maximum atomic E-state index is 12.5. The second-order valence-corrected chi connectivity index (χ2v) is 6.06. The van der Waals surface area contributed by atoms with Crippen molar-refractivity contribution in [1.82, 2.24) is 0 Å². The zero-order valence-corrected chi connectivity index (χ0v) is 13.4. The van der Waals surface area contributed by atoms with Gasteiger partial charge < -0.3 is 10.2 Å². The largest absolute Gasteiger partial charge is 0.370 e. The number of halogens is 1. The van der Waals surface area contributed by atoms with Gasteiger partial charge in [0.25, 0.3) is 5.91 Å². The molecule has 0 radical (unpaired) electrons. The lowest BCUT2D eigenvalue weighted by Crippen LogP contribution is -2.21. The summed E-state index contributed by atoms with van der Waals surface area (Å²) in [6.45, 7) is 4.03. The molecule has 0 saturated carbocycles. The van der Waals surface area contributed by atoms with E-state index in [2.05, 4.69) is 16.3 Å². The van der Waals surface area contributed by atoms with Gasteiger partial charge in [0.1, 0.15) is 0 Å². The molecule has 0 atom stereocenters. The third kappa shape index (κ3) is 3.09. The second-order valence-electron chi connectivity index (χ2n) is 5.65. The van der Waals surface area contributed by atoms with E-state index in [1.54, 1.807) is 6.07 Å². The van der Waals surface area contributed by atoms with Gasteiger partial charge in [-0.2, -0.15) is 0 Å². The highest BCUT2D eigenvalue weighted by atomic mass is 35.5. The first-order chi connectivity index (χ1) is 10.6. The lowest BCUT2D eigenvalue weighted by atomic mass is 10.1. The molecule has 1 N–H and O–H groups in total. The number of hydrogen-bond donors (Lipinski definition) is 1. The van der Waals surface area contributed by atoms with Gasteiger partial charge in [-0.3, -0.25) is 4.79 Å². The Morgan fingerprint density at radius 3 is 2.59 bits per heavy atom. The van der Waals surface area contributed by atoms with Crippen molar-refractivity contribution in [2.45, 2.75) is 19.8 Å². The molecule has 2 aromatic rings. The van der Waals surface area contributed by atoms with Gasteiger partial charge in [-0.05, 0) is 49.6 Å². The van der Waals surface area contributed by atoms with Gasteiger partial charge in [0.05, 0.1) is 22.0 Å². The number of carbonyl (C=O) groups excluding carboxylic acids is 1. The Morgan fingerprint density at radius 1 is 1.14 bits per heavy atom. The first-order valence-corrected chi connectivity index (χ1v) is 7.94. The van der Waals surface area contributed by atoms with Crippen molar-refractivity contribution >= 4 is 28.9 Å². The molecule has 1 aliphatic heterocycles. The molecule has 0 unspecified atom stereocenters. The van der Waals surface area contributed by atoms with E-state index in [-0.39, 0.29) is 5.91 Å². The molecule has 1 aliphatic rings. The standard InChI is InChI=1S/C18H19ClN2O/c1-13-8-9-14(15(19)12-13)18(22)20-16-6-2-3-7-17(16)21-10-4-5-11-21/h2-3,6-9,12H,4-5,10-11H2,1H3,(H,20,22). The minimum atomic E-state index is -0.170. The van der Waals surface area contributed by atoms with Crippen LogP contribution in [0.5, 0.6) is 0 Å². The normalized spacial score (nSPS) is 14.2. The number of carbonyl (C=O) groups is 1. The van der Waals surface area contributed by atoms with E-state index in [0.717, 1.165) is 30.0 Å². The third-order valence-corrected chi connectivity index (χ3v) is 4.28. The van der Waals surface area contributed by atoms with E-state index < -0.39 is 0 Å². The van der Waals surface area contributed by atoms with Crippen molar-refractivity contribution in [1.29, 1.82) is 0 Å². The van der Waals surface area contributed by atoms with Crippen LogP contribution < -0.4 is 10.2 Å². The number of para-hydroxylation sites is 2. The molecule has 1 amide bonds. The van der Waals surface area contributed by atoms with Crippen LogP contribution in [-0.4, -0.2) is 19.0 Å². The molecule has 4 heteroatoms. The van der Waals surface area contributed by atoms with Crippen LogP contribution in [-0.2, 0) is 0 Å². The SMILES string of the molecule is Cc1ccc(C(=O)Nc2ccccc2N2CCCC2)c(Cl)c1. The predicted molar refractivity (Wildman–Crippen MR) is 92.0 cm³/mol. The Labute approximate surface area is 135 Å². The van der Waals surface area contributed by atoms with E-state index >= 15 is 0 Å². The minimum Gasteiger partial charge on any atom is -0.370 e. The van der Waals surface area contributed by atoms with E-state index in [1.165, 1.54) is 12.8 Å². The van der Waals surface area contributed by atoms with Gasteiger partial charge in [-0.1, -0.05) is 29.8 Å². The molecular weight excluding hydrogens is 296 g/mol. The zero-order chi connectivity index (χ0) is 15.5. The van der Waals surface area contributed by atoms with E-state index in [4.69, 9.17) is 11.6 Å². The first-order valence-electron chi connectivity index (χ1n) is 7.56. The number of benzene rings is 2. The number of nitrogens with zero attached hydrogens (tertiary/aromatic N) is 1. The average Bonchev–Trinajstić information content (AvgIpc) is 3.01. The zero-order valence-electron chi connectivity index (χ0n) is 12.6. The lowest BCUT2D eigenvalue weighted by molar-refractivity contribution is 0.102. The maximum Gasteiger partial charge on any atom is 0.257 e. The van der Waals surface area contributed by atoms with Crippen LogP contribution >= 0.6 is 11.6 Å². The van der Waals surface area contributed by atoms with Crippen molar-refractivity contribution in [2.75, 3.05) is 23.3 Å². The second kappa shape index (κ2) is 6.41. The first kappa shape index (κ1) is 14.9. The molecular formula is C18H19ClN2O. The van der Waals surface area contributed by atoms with Crippen LogP contribution in [0.3, 0.4) is 0 Å². The van der Waals surface area contributed by atoms with Crippen LogP contribution in [0.15, 0.2) is 42.5 Å². The molecule has 3 nitrogen and oxygen atoms in total. The highest BCUT2D eigenvalue weighted by Crippen LogP contribution is 2.29. The van der Waals surface area contributed by atoms with Gasteiger partial charge in [0, 0.05) is 13.1 Å². The number of amides is 1. The van der Waals surface area contributed by atoms with Gasteiger partial charge >= 0.3 is 0 Å². The molecule has 0 aromatic heterocycles. The van der Waals surface area contributed by atoms with E-state index in [1.807, 2.05) is 37.3 Å². The molecule has 1 saturated heterocycles. The highest BCUT2D eigenvalue weighted by molar-refractivity contribution is 6.34. The molecule has 1 fully saturated rings. The summed E-state index contributed by atoms with van der Waals surface area (Å²) in [4.78, 5) is 14.8. The molecule has 22 heavy (non-hydrogen) atoms. The molecule has 1 heterocycles. The minimum absolute atomic E-state index is 0.170. The average molecular weight is 315 g/mol. The summed E-state index contributed by atoms with van der Waals surface area (Å²) in [6, 6.07) is 13.4. The van der Waals surface area contributed by atoms with E-state index in [0.29, 0.717) is 10.6 Å². The van der Waals surface area contributed by atoms with Crippen molar-refractivity contribution in [3.05, 3.63) is 58.6 Å². The van der Waals surface area contributed by atoms with Gasteiger partial charge in [-0.15, -0.1) is 0 Å². The summed E-state index contributed by atoms with van der Waals surface area (Å²) < 4.78 is 0. The Hall–Kier alpha value is -2.00. The van der Waals surface area contributed by atoms with Crippen LogP contribution in [0.1, 0.15) is 28.8 Å². The van der Waals surface area contributed by atoms with Crippen LogP contribution in [0.25, 0.3) is 0 Å². The van der Waals surface area contributed by atoms with Crippen molar-refractivity contribution < 1.29 is 4.79 Å². The van der Waals surface area contributed by atoms with Crippen LogP contribution in [0.2, 0.25) is 5.02 Å². The third-order valence-electron chi connectivity index (χ3n) is 3.97. The van der Waals surface area contributed by atoms with E-state index in [9.17, 15) is 4.79 Å². The smallest absolute Gasteiger partial charge is 0.257 e. The summed E-state index contributed by atoms with van der Waals surface area (Å²) in [5.41, 5.74) is 3.46. The fourth-order valence-electron chi connectivity index (χ4n) is 2.81. The molecule has 0 aliphatic carbocycles. The monoisotopic (exact) mass is 314 g/mol. The van der Waals surface area contributed by atoms with Crippen molar-refractivity contribution in [3.8, 4) is 0 Å². The maximum absolute atomic E-state index is 12.5. The fraction of sp³-hybridized carbons (Fsp3) is 0.278. The fourth-order valence-corrected chi connectivity index (χ4v) is 3.13. The van der Waals surface area contributed by atoms with Crippen LogP contribution in [0.4, 0.5) is 11.4 Å². The van der Waals surface area contributed by atoms with Gasteiger partial charge in [0.15, 0.2) is 0 Å². The summed E-state index contributed by atoms with van der Waals surface area (Å²) in [7, 11) is 0.